The van der Waals surface area contributed by atoms with Crippen molar-refractivity contribution in [2.24, 2.45) is 5.73 Å². The van der Waals surface area contributed by atoms with E-state index in [0.717, 1.165) is 15.4 Å². The number of hydrogen-bond donors (Lipinski definition) is 2. The average molecular weight is 254 g/mol. The molecule has 0 bridgehead atoms. The van der Waals surface area contributed by atoms with Crippen molar-refractivity contribution in [3.63, 3.8) is 0 Å². The van der Waals surface area contributed by atoms with Crippen molar-refractivity contribution in [1.82, 2.24) is 9.97 Å². The highest BCUT2D eigenvalue weighted by molar-refractivity contribution is 9.10. The van der Waals surface area contributed by atoms with Crippen LogP contribution in [0.25, 0.3) is 10.9 Å². The Morgan fingerprint density at radius 3 is 3.14 bits per heavy atom. The zero-order valence-corrected chi connectivity index (χ0v) is 8.84. The second-order valence-corrected chi connectivity index (χ2v) is 3.86. The molecule has 14 heavy (non-hydrogen) atoms. The molecule has 2 aromatic rings. The van der Waals surface area contributed by atoms with Crippen LogP contribution in [0.15, 0.2) is 22.9 Å². The standard InChI is InChI=1S/C9H8BrN3O/c10-7-3-13-8-4-12-5(1-6(7)8)2-9(11)14/h1,3-4,13H,2H2,(H2,11,14). The van der Waals surface area contributed by atoms with Crippen LogP contribution in [0.4, 0.5) is 0 Å². The van der Waals surface area contributed by atoms with E-state index in [4.69, 9.17) is 5.73 Å². The lowest BCUT2D eigenvalue weighted by Crippen LogP contribution is -2.14. The van der Waals surface area contributed by atoms with Gasteiger partial charge in [0.2, 0.25) is 5.91 Å². The number of carbonyl (C=O) groups excluding carboxylic acids is 1. The van der Waals surface area contributed by atoms with Crippen molar-refractivity contribution in [1.29, 1.82) is 0 Å². The predicted molar refractivity (Wildman–Crippen MR) is 56.7 cm³/mol. The molecule has 1 amide bonds. The van der Waals surface area contributed by atoms with E-state index in [9.17, 15) is 4.79 Å². The monoisotopic (exact) mass is 253 g/mol. The number of halogens is 1. The van der Waals surface area contributed by atoms with Crippen LogP contribution in [0.1, 0.15) is 5.69 Å². The number of rotatable bonds is 2. The fourth-order valence-electron chi connectivity index (χ4n) is 1.31. The zero-order valence-electron chi connectivity index (χ0n) is 7.25. The van der Waals surface area contributed by atoms with Gasteiger partial charge in [-0.3, -0.25) is 9.78 Å². The molecule has 0 aliphatic heterocycles. The second kappa shape index (κ2) is 3.42. The van der Waals surface area contributed by atoms with Gasteiger partial charge < -0.3 is 10.7 Å². The maximum atomic E-state index is 10.7. The first-order chi connectivity index (χ1) is 6.66. The zero-order chi connectivity index (χ0) is 10.1. The number of nitrogens with zero attached hydrogens (tertiary/aromatic N) is 1. The number of nitrogens with one attached hydrogen (secondary N) is 1. The van der Waals surface area contributed by atoms with Gasteiger partial charge in [-0.2, -0.15) is 0 Å². The highest BCUT2D eigenvalue weighted by Gasteiger charge is 2.05. The molecule has 2 heterocycles. The quantitative estimate of drug-likeness (QED) is 0.849. The molecule has 3 N–H and O–H groups in total. The number of hydrogen-bond acceptors (Lipinski definition) is 2. The molecular formula is C9H8BrN3O. The van der Waals surface area contributed by atoms with E-state index in [1.165, 1.54) is 0 Å². The molecule has 0 saturated carbocycles. The van der Waals surface area contributed by atoms with Crippen LogP contribution in [0.3, 0.4) is 0 Å². The first kappa shape index (κ1) is 9.21. The van der Waals surface area contributed by atoms with Crippen LogP contribution in [-0.4, -0.2) is 15.9 Å². The third kappa shape index (κ3) is 1.63. The molecule has 0 aliphatic rings. The lowest BCUT2D eigenvalue weighted by atomic mass is 10.2. The summed E-state index contributed by atoms with van der Waals surface area (Å²) < 4.78 is 0.959. The van der Waals surface area contributed by atoms with Crippen molar-refractivity contribution in [3.05, 3.63) is 28.6 Å². The summed E-state index contributed by atoms with van der Waals surface area (Å²) in [5.41, 5.74) is 6.70. The van der Waals surface area contributed by atoms with Crippen LogP contribution < -0.4 is 5.73 Å². The van der Waals surface area contributed by atoms with Crippen LogP contribution in [-0.2, 0) is 11.2 Å². The summed E-state index contributed by atoms with van der Waals surface area (Å²) in [5.74, 6) is -0.372. The minimum absolute atomic E-state index is 0.174. The molecule has 0 atom stereocenters. The molecule has 0 aliphatic carbocycles. The Kier molecular flexibility index (Phi) is 2.25. The van der Waals surface area contributed by atoms with Gasteiger partial charge in [-0.1, -0.05) is 0 Å². The normalized spacial score (nSPS) is 10.6. The largest absolute Gasteiger partial charge is 0.369 e. The van der Waals surface area contributed by atoms with Crippen LogP contribution in [0, 0.1) is 0 Å². The number of nitrogens with two attached hydrogens (primary N) is 1. The number of pyridine rings is 1. The van der Waals surface area contributed by atoms with E-state index < -0.39 is 0 Å². The van der Waals surface area contributed by atoms with Gasteiger partial charge in [0.1, 0.15) is 0 Å². The Labute approximate surface area is 88.6 Å². The minimum Gasteiger partial charge on any atom is -0.369 e. The fraction of sp³-hybridized carbons (Fsp3) is 0.111. The maximum Gasteiger partial charge on any atom is 0.223 e. The smallest absolute Gasteiger partial charge is 0.223 e. The minimum atomic E-state index is -0.372. The molecular weight excluding hydrogens is 246 g/mol. The highest BCUT2D eigenvalue weighted by atomic mass is 79.9. The number of primary amides is 1. The van der Waals surface area contributed by atoms with Gasteiger partial charge in [-0.05, 0) is 22.0 Å². The van der Waals surface area contributed by atoms with Crippen molar-refractivity contribution in [2.45, 2.75) is 6.42 Å². The highest BCUT2D eigenvalue weighted by Crippen LogP contribution is 2.23. The van der Waals surface area contributed by atoms with Gasteiger partial charge in [0.25, 0.3) is 0 Å². The summed E-state index contributed by atoms with van der Waals surface area (Å²) in [6.45, 7) is 0. The number of amides is 1. The van der Waals surface area contributed by atoms with E-state index in [1.807, 2.05) is 12.3 Å². The molecule has 2 aromatic heterocycles. The van der Waals surface area contributed by atoms with E-state index in [2.05, 4.69) is 25.9 Å². The molecule has 0 aromatic carbocycles. The van der Waals surface area contributed by atoms with Gasteiger partial charge >= 0.3 is 0 Å². The summed E-state index contributed by atoms with van der Waals surface area (Å²) in [7, 11) is 0. The maximum absolute atomic E-state index is 10.7. The topological polar surface area (TPSA) is 71.8 Å². The van der Waals surface area contributed by atoms with E-state index in [0.29, 0.717) is 5.69 Å². The molecule has 5 heteroatoms. The summed E-state index contributed by atoms with van der Waals surface area (Å²) >= 11 is 3.39. The number of aromatic nitrogens is 2. The first-order valence-corrected chi connectivity index (χ1v) is 4.86. The third-order valence-electron chi connectivity index (χ3n) is 1.93. The van der Waals surface area contributed by atoms with E-state index in [-0.39, 0.29) is 12.3 Å². The average Bonchev–Trinajstić information content (AvgIpc) is 2.47. The molecule has 0 fully saturated rings. The SMILES string of the molecule is NC(=O)Cc1cc2c(Br)c[nH]c2cn1. The van der Waals surface area contributed by atoms with Crippen LogP contribution >= 0.6 is 15.9 Å². The predicted octanol–water partition coefficient (Wildman–Crippen LogP) is 1.35. The molecule has 0 saturated heterocycles. The number of aromatic amines is 1. The van der Waals surface area contributed by atoms with Crippen LogP contribution in [0.5, 0.6) is 0 Å². The molecule has 4 nitrogen and oxygen atoms in total. The van der Waals surface area contributed by atoms with Crippen molar-refractivity contribution >= 4 is 32.7 Å². The Bertz CT molecular complexity index is 492. The van der Waals surface area contributed by atoms with Gasteiger partial charge in [-0.25, -0.2) is 0 Å². The van der Waals surface area contributed by atoms with Gasteiger partial charge in [0.15, 0.2) is 0 Å². The number of fused-ring (bicyclic) bond motifs is 1. The molecule has 0 radical (unpaired) electrons. The van der Waals surface area contributed by atoms with Gasteiger partial charge in [0, 0.05) is 16.1 Å². The fourth-order valence-corrected chi connectivity index (χ4v) is 1.75. The summed E-state index contributed by atoms with van der Waals surface area (Å²) in [5, 5.41) is 1.01. The summed E-state index contributed by atoms with van der Waals surface area (Å²) in [6, 6.07) is 1.85. The molecule has 0 unspecified atom stereocenters. The Morgan fingerprint density at radius 2 is 2.43 bits per heavy atom. The number of carbonyl (C=O) groups is 1. The van der Waals surface area contributed by atoms with Crippen LogP contribution in [0.2, 0.25) is 0 Å². The summed E-state index contributed by atoms with van der Waals surface area (Å²) in [4.78, 5) is 17.8. The van der Waals surface area contributed by atoms with Crippen molar-refractivity contribution in [2.75, 3.05) is 0 Å². The Morgan fingerprint density at radius 1 is 1.64 bits per heavy atom. The lowest BCUT2D eigenvalue weighted by Gasteiger charge is -1.97. The molecule has 2 rings (SSSR count). The van der Waals surface area contributed by atoms with E-state index in [1.54, 1.807) is 6.20 Å². The lowest BCUT2D eigenvalue weighted by molar-refractivity contribution is -0.117. The third-order valence-corrected chi connectivity index (χ3v) is 2.58. The molecule has 72 valence electrons. The number of H-pyrrole nitrogens is 1. The van der Waals surface area contributed by atoms with Gasteiger partial charge in [0.05, 0.1) is 23.8 Å². The van der Waals surface area contributed by atoms with E-state index >= 15 is 0 Å². The molecule has 0 spiro atoms. The first-order valence-electron chi connectivity index (χ1n) is 4.06. The Hall–Kier alpha value is -1.36. The summed E-state index contributed by atoms with van der Waals surface area (Å²) in [6.07, 6.45) is 3.70. The van der Waals surface area contributed by atoms with Gasteiger partial charge in [-0.15, -0.1) is 0 Å². The van der Waals surface area contributed by atoms with Crippen molar-refractivity contribution < 1.29 is 4.79 Å². The van der Waals surface area contributed by atoms with Crippen molar-refractivity contribution in [3.8, 4) is 0 Å². The Balaban J connectivity index is 2.49. The second-order valence-electron chi connectivity index (χ2n) is 3.00.